The molecule has 1 aromatic heterocycles. The fraction of sp³-hybridized carbons (Fsp3) is 0.286. The average Bonchev–Trinajstić information content (AvgIpc) is 2.01. The van der Waals surface area contributed by atoms with Crippen molar-refractivity contribution in [2.45, 2.75) is 6.92 Å². The van der Waals surface area contributed by atoms with Crippen molar-refractivity contribution < 1.29 is 17.7 Å². The highest BCUT2D eigenvalue weighted by Crippen LogP contribution is 2.17. The summed E-state index contributed by atoms with van der Waals surface area (Å²) >= 11 is 0. The average molecular weight is 190 g/mol. The van der Waals surface area contributed by atoms with E-state index in [-0.39, 0.29) is 11.4 Å². The van der Waals surface area contributed by atoms with Crippen LogP contribution < -0.4 is 10.2 Å². The van der Waals surface area contributed by atoms with E-state index in [1.807, 2.05) is 0 Å². The van der Waals surface area contributed by atoms with E-state index in [0.29, 0.717) is 0 Å². The third-order valence-corrected chi connectivity index (χ3v) is 1.69. The third-order valence-electron chi connectivity index (χ3n) is 1.69. The molecule has 0 N–H and O–H groups in total. The molecule has 0 radical (unpaired) electrons. The summed E-state index contributed by atoms with van der Waals surface area (Å²) in [6.07, 6.45) is 1.29. The molecule has 0 aliphatic rings. The number of methoxy groups -OCH3 is 1. The van der Waals surface area contributed by atoms with E-state index in [0.717, 1.165) is 0 Å². The van der Waals surface area contributed by atoms with Crippen molar-refractivity contribution >= 4 is 12.4 Å². The predicted molar refractivity (Wildman–Crippen MR) is 44.2 cm³/mol. The Balaban J connectivity index is 3.32. The van der Waals surface area contributed by atoms with Crippen LogP contribution in [-0.4, -0.2) is 19.1 Å². The van der Waals surface area contributed by atoms with Gasteiger partial charge in [0.15, 0.2) is 5.88 Å². The van der Waals surface area contributed by atoms with Crippen molar-refractivity contribution in [3.05, 3.63) is 17.8 Å². The zero-order valence-corrected chi connectivity index (χ0v) is 7.22. The molecule has 0 bridgehead atoms. The Kier molecular flexibility index (Phi) is 2.49. The maximum atomic E-state index is 12.4. The fourth-order valence-corrected chi connectivity index (χ4v) is 1.11. The largest absolute Gasteiger partial charge is 0.515 e. The van der Waals surface area contributed by atoms with Crippen molar-refractivity contribution in [3.8, 4) is 5.88 Å². The lowest BCUT2D eigenvalue weighted by atomic mass is 9.78. The first kappa shape index (κ1) is 9.89. The first-order chi connectivity index (χ1) is 5.96. The standard InChI is InChI=1S/C7H8BF3NO/c1-5-3-4-12-7(13-2)6(5)8(9,10)11/h3-4H,1-2H3/q-1. The van der Waals surface area contributed by atoms with Gasteiger partial charge in [-0.2, -0.15) is 0 Å². The van der Waals surface area contributed by atoms with Gasteiger partial charge in [-0.1, -0.05) is 5.56 Å². The zero-order chi connectivity index (χ0) is 10.1. The Morgan fingerprint density at radius 1 is 1.38 bits per heavy atom. The summed E-state index contributed by atoms with van der Waals surface area (Å²) in [5, 5.41) is 0. The van der Waals surface area contributed by atoms with Crippen LogP contribution in [0.5, 0.6) is 5.88 Å². The van der Waals surface area contributed by atoms with Gasteiger partial charge in [-0.3, -0.25) is 0 Å². The second kappa shape index (κ2) is 3.28. The van der Waals surface area contributed by atoms with E-state index in [1.54, 1.807) is 0 Å². The molecular weight excluding hydrogens is 182 g/mol. The van der Waals surface area contributed by atoms with Crippen molar-refractivity contribution in [1.82, 2.24) is 4.98 Å². The summed E-state index contributed by atoms with van der Waals surface area (Å²) in [6.45, 7) is -3.67. The Bertz CT molecular complexity index is 313. The summed E-state index contributed by atoms with van der Waals surface area (Å²) in [7, 11) is 1.17. The number of aryl methyl sites for hydroxylation is 1. The number of hydrogen-bond acceptors (Lipinski definition) is 2. The van der Waals surface area contributed by atoms with Gasteiger partial charge in [0.2, 0.25) is 0 Å². The quantitative estimate of drug-likeness (QED) is 0.658. The number of hydrogen-bond donors (Lipinski definition) is 0. The zero-order valence-electron chi connectivity index (χ0n) is 7.22. The van der Waals surface area contributed by atoms with Crippen molar-refractivity contribution in [3.63, 3.8) is 0 Å². The molecule has 6 heteroatoms. The van der Waals surface area contributed by atoms with Gasteiger partial charge in [0.25, 0.3) is 0 Å². The van der Waals surface area contributed by atoms with E-state index in [9.17, 15) is 12.9 Å². The van der Waals surface area contributed by atoms with Gasteiger partial charge < -0.3 is 17.7 Å². The summed E-state index contributed by atoms with van der Waals surface area (Å²) in [5.74, 6) is -0.354. The molecule has 0 spiro atoms. The van der Waals surface area contributed by atoms with Crippen LogP contribution in [0.25, 0.3) is 0 Å². The van der Waals surface area contributed by atoms with Gasteiger partial charge in [-0.15, -0.1) is 0 Å². The molecule has 0 saturated heterocycles. The summed E-state index contributed by atoms with van der Waals surface area (Å²) in [4.78, 5) is 3.50. The number of aromatic nitrogens is 1. The fourth-order valence-electron chi connectivity index (χ4n) is 1.11. The van der Waals surface area contributed by atoms with E-state index in [2.05, 4.69) is 9.72 Å². The molecule has 1 aromatic rings. The molecule has 72 valence electrons. The second-order valence-corrected chi connectivity index (χ2v) is 2.63. The molecule has 0 saturated carbocycles. The first-order valence-electron chi connectivity index (χ1n) is 3.66. The molecule has 0 atom stereocenters. The minimum absolute atomic E-state index is 0.138. The smallest absolute Gasteiger partial charge is 0.483 e. The Morgan fingerprint density at radius 2 is 2.00 bits per heavy atom. The summed E-state index contributed by atoms with van der Waals surface area (Å²) < 4.78 is 41.9. The number of ether oxygens (including phenoxy) is 1. The lowest BCUT2D eigenvalue weighted by Gasteiger charge is -2.19. The van der Waals surface area contributed by atoms with Crippen LogP contribution in [0.2, 0.25) is 0 Å². The monoisotopic (exact) mass is 190 g/mol. The minimum Gasteiger partial charge on any atom is -0.483 e. The van der Waals surface area contributed by atoms with E-state index < -0.39 is 12.4 Å². The van der Waals surface area contributed by atoms with Crippen LogP contribution in [-0.2, 0) is 0 Å². The van der Waals surface area contributed by atoms with Gasteiger partial charge in [0.1, 0.15) is 0 Å². The number of halogens is 3. The third kappa shape index (κ3) is 1.94. The molecule has 0 unspecified atom stereocenters. The lowest BCUT2D eigenvalue weighted by Crippen LogP contribution is -2.37. The Labute approximate surface area is 73.8 Å². The molecule has 2 nitrogen and oxygen atoms in total. The molecule has 0 fully saturated rings. The van der Waals surface area contributed by atoms with Gasteiger partial charge in [-0.05, 0) is 18.5 Å². The molecule has 0 amide bonds. The molecule has 0 aromatic carbocycles. The molecular formula is C7H8BF3NO-. The number of rotatable bonds is 2. The van der Waals surface area contributed by atoms with Crippen LogP contribution in [0, 0.1) is 6.92 Å². The Morgan fingerprint density at radius 3 is 2.38 bits per heavy atom. The van der Waals surface area contributed by atoms with Crippen molar-refractivity contribution in [2.24, 2.45) is 0 Å². The summed E-state index contributed by atoms with van der Waals surface area (Å²) in [6, 6.07) is 1.31. The molecule has 0 aliphatic heterocycles. The van der Waals surface area contributed by atoms with Crippen molar-refractivity contribution in [1.29, 1.82) is 0 Å². The molecule has 0 aliphatic carbocycles. The van der Waals surface area contributed by atoms with Crippen LogP contribution in [0.1, 0.15) is 5.56 Å². The van der Waals surface area contributed by atoms with Gasteiger partial charge in [0, 0.05) is 6.20 Å². The minimum atomic E-state index is -5.05. The first-order valence-corrected chi connectivity index (χ1v) is 3.66. The van der Waals surface area contributed by atoms with Crippen LogP contribution in [0.4, 0.5) is 12.9 Å². The van der Waals surface area contributed by atoms with Crippen molar-refractivity contribution in [2.75, 3.05) is 7.11 Å². The van der Waals surface area contributed by atoms with Crippen LogP contribution in [0.15, 0.2) is 12.3 Å². The Hall–Kier alpha value is -1.20. The maximum Gasteiger partial charge on any atom is 0.515 e. The van der Waals surface area contributed by atoms with Gasteiger partial charge in [-0.25, -0.2) is 4.98 Å². The topological polar surface area (TPSA) is 22.1 Å². The molecule has 13 heavy (non-hydrogen) atoms. The van der Waals surface area contributed by atoms with Crippen LogP contribution >= 0.6 is 0 Å². The van der Waals surface area contributed by atoms with Gasteiger partial charge >= 0.3 is 6.98 Å². The van der Waals surface area contributed by atoms with Crippen LogP contribution in [0.3, 0.4) is 0 Å². The second-order valence-electron chi connectivity index (χ2n) is 2.63. The normalized spacial score (nSPS) is 11.5. The highest BCUT2D eigenvalue weighted by molar-refractivity contribution is 6.74. The summed E-state index contributed by atoms with van der Waals surface area (Å²) in [5.41, 5.74) is -0.607. The maximum absolute atomic E-state index is 12.4. The number of pyridine rings is 1. The highest BCUT2D eigenvalue weighted by Gasteiger charge is 2.31. The highest BCUT2D eigenvalue weighted by atomic mass is 19.4. The van der Waals surface area contributed by atoms with Gasteiger partial charge in [0.05, 0.1) is 7.11 Å². The lowest BCUT2D eigenvalue weighted by molar-refractivity contribution is 0.396. The predicted octanol–water partition coefficient (Wildman–Crippen LogP) is 1.45. The van der Waals surface area contributed by atoms with E-state index in [1.165, 1.54) is 26.3 Å². The molecule has 1 rings (SSSR count). The van der Waals surface area contributed by atoms with E-state index in [4.69, 9.17) is 0 Å². The number of nitrogens with zero attached hydrogens (tertiary/aromatic N) is 1. The van der Waals surface area contributed by atoms with E-state index >= 15 is 0 Å². The SMILES string of the molecule is COc1nccc(C)c1[B-](F)(F)F. The molecule has 1 heterocycles.